The maximum absolute atomic E-state index is 2.41. The van der Waals surface area contributed by atoms with Crippen LogP contribution in [0.4, 0.5) is 0 Å². The molecule has 1 aliphatic heterocycles. The monoisotopic (exact) mass is 177 g/mol. The molecule has 0 spiro atoms. The van der Waals surface area contributed by atoms with Crippen molar-refractivity contribution in [3.05, 3.63) is 23.9 Å². The van der Waals surface area contributed by atoms with Crippen molar-refractivity contribution in [2.75, 3.05) is 13.6 Å². The molecule has 0 aromatic heterocycles. The van der Waals surface area contributed by atoms with E-state index in [2.05, 4.69) is 44.0 Å². The number of likely N-dealkylation sites (tertiary alicyclic amines) is 1. The molecule has 0 bridgehead atoms. The van der Waals surface area contributed by atoms with Crippen molar-refractivity contribution in [3.63, 3.8) is 0 Å². The van der Waals surface area contributed by atoms with E-state index in [4.69, 9.17) is 0 Å². The molecule has 2 rings (SSSR count). The third kappa shape index (κ3) is 1.41. The molecule has 13 heavy (non-hydrogen) atoms. The van der Waals surface area contributed by atoms with E-state index < -0.39 is 0 Å². The zero-order valence-corrected chi connectivity index (χ0v) is 8.83. The second-order valence-corrected chi connectivity index (χ2v) is 4.61. The first kappa shape index (κ1) is 8.86. The topological polar surface area (TPSA) is 3.24 Å². The highest BCUT2D eigenvalue weighted by molar-refractivity contribution is 5.25. The number of hydrogen-bond donors (Lipinski definition) is 0. The van der Waals surface area contributed by atoms with E-state index >= 15 is 0 Å². The SMILES string of the molecule is CC(C)C1C=CC=C2C1CCN2C. The maximum Gasteiger partial charge on any atom is 0.0178 e. The van der Waals surface area contributed by atoms with Crippen molar-refractivity contribution < 1.29 is 0 Å². The Morgan fingerprint density at radius 1 is 1.46 bits per heavy atom. The smallest absolute Gasteiger partial charge is 0.0178 e. The molecule has 72 valence electrons. The van der Waals surface area contributed by atoms with Gasteiger partial charge in [0.1, 0.15) is 0 Å². The van der Waals surface area contributed by atoms with Crippen LogP contribution in [0.2, 0.25) is 0 Å². The Kier molecular flexibility index (Phi) is 2.19. The summed E-state index contributed by atoms with van der Waals surface area (Å²) in [7, 11) is 2.21. The van der Waals surface area contributed by atoms with Crippen molar-refractivity contribution in [2.24, 2.45) is 17.8 Å². The lowest BCUT2D eigenvalue weighted by molar-refractivity contribution is 0.346. The summed E-state index contributed by atoms with van der Waals surface area (Å²) in [6.07, 6.45) is 8.25. The molecule has 1 heterocycles. The summed E-state index contributed by atoms with van der Waals surface area (Å²) in [4.78, 5) is 2.41. The van der Waals surface area contributed by atoms with Gasteiger partial charge in [-0.25, -0.2) is 0 Å². The van der Waals surface area contributed by atoms with Crippen LogP contribution in [-0.2, 0) is 0 Å². The summed E-state index contributed by atoms with van der Waals surface area (Å²) in [6.45, 7) is 5.90. The maximum atomic E-state index is 2.41. The van der Waals surface area contributed by atoms with Gasteiger partial charge in [0.05, 0.1) is 0 Å². The quantitative estimate of drug-likeness (QED) is 0.595. The molecule has 1 saturated heterocycles. The van der Waals surface area contributed by atoms with E-state index in [1.807, 2.05) is 0 Å². The fourth-order valence-electron chi connectivity index (χ4n) is 2.64. The minimum atomic E-state index is 0.768. The van der Waals surface area contributed by atoms with E-state index in [1.165, 1.54) is 13.0 Å². The zero-order chi connectivity index (χ0) is 9.42. The van der Waals surface area contributed by atoms with Gasteiger partial charge < -0.3 is 4.90 Å². The van der Waals surface area contributed by atoms with E-state index in [0.29, 0.717) is 0 Å². The molecule has 0 radical (unpaired) electrons. The van der Waals surface area contributed by atoms with Crippen LogP contribution in [0.25, 0.3) is 0 Å². The standard InChI is InChI=1S/C12H19N/c1-9(2)10-5-4-6-12-11(10)7-8-13(12)3/h4-6,9-11H,7-8H2,1-3H3. The highest BCUT2D eigenvalue weighted by Gasteiger charge is 2.33. The summed E-state index contributed by atoms with van der Waals surface area (Å²) >= 11 is 0. The van der Waals surface area contributed by atoms with Crippen molar-refractivity contribution >= 4 is 0 Å². The number of rotatable bonds is 1. The van der Waals surface area contributed by atoms with Gasteiger partial charge in [-0.3, -0.25) is 0 Å². The molecule has 2 aliphatic rings. The third-order valence-electron chi connectivity index (χ3n) is 3.43. The molecule has 1 heteroatoms. The average molecular weight is 177 g/mol. The highest BCUT2D eigenvalue weighted by Crippen LogP contribution is 2.39. The van der Waals surface area contributed by atoms with E-state index in [-0.39, 0.29) is 0 Å². The van der Waals surface area contributed by atoms with Crippen LogP contribution in [0, 0.1) is 17.8 Å². The molecule has 1 aliphatic carbocycles. The summed E-state index contributed by atoms with van der Waals surface area (Å²) < 4.78 is 0. The van der Waals surface area contributed by atoms with Crippen LogP contribution in [0.3, 0.4) is 0 Å². The van der Waals surface area contributed by atoms with Crippen LogP contribution >= 0.6 is 0 Å². The number of nitrogens with zero attached hydrogens (tertiary/aromatic N) is 1. The lowest BCUT2D eigenvalue weighted by Gasteiger charge is -2.28. The van der Waals surface area contributed by atoms with Gasteiger partial charge in [0, 0.05) is 25.2 Å². The second kappa shape index (κ2) is 3.21. The minimum Gasteiger partial charge on any atom is -0.378 e. The lowest BCUT2D eigenvalue weighted by Crippen LogP contribution is -2.22. The molecule has 0 aromatic rings. The van der Waals surface area contributed by atoms with Crippen LogP contribution in [0.15, 0.2) is 23.9 Å². The van der Waals surface area contributed by atoms with Crippen molar-refractivity contribution in [2.45, 2.75) is 20.3 Å². The molecule has 1 fully saturated rings. The number of fused-ring (bicyclic) bond motifs is 1. The molecule has 0 aromatic carbocycles. The largest absolute Gasteiger partial charge is 0.378 e. The second-order valence-electron chi connectivity index (χ2n) is 4.61. The van der Waals surface area contributed by atoms with Crippen LogP contribution in [-0.4, -0.2) is 18.5 Å². The van der Waals surface area contributed by atoms with E-state index in [1.54, 1.807) is 5.70 Å². The Balaban J connectivity index is 2.22. The number of hydrogen-bond acceptors (Lipinski definition) is 1. The molecular weight excluding hydrogens is 158 g/mol. The summed E-state index contributed by atoms with van der Waals surface area (Å²) in [5, 5.41) is 0. The van der Waals surface area contributed by atoms with Crippen molar-refractivity contribution in [1.29, 1.82) is 0 Å². The fourth-order valence-corrected chi connectivity index (χ4v) is 2.64. The first-order chi connectivity index (χ1) is 6.20. The summed E-state index contributed by atoms with van der Waals surface area (Å²) in [6, 6.07) is 0. The van der Waals surface area contributed by atoms with Gasteiger partial charge in [0.15, 0.2) is 0 Å². The van der Waals surface area contributed by atoms with E-state index in [0.717, 1.165) is 17.8 Å². The Labute approximate surface area is 81.1 Å². The molecule has 0 saturated carbocycles. The van der Waals surface area contributed by atoms with Crippen molar-refractivity contribution in [3.8, 4) is 0 Å². The normalized spacial score (nSPS) is 32.3. The van der Waals surface area contributed by atoms with Crippen LogP contribution in [0.5, 0.6) is 0 Å². The van der Waals surface area contributed by atoms with E-state index in [9.17, 15) is 0 Å². The summed E-state index contributed by atoms with van der Waals surface area (Å²) in [5.74, 6) is 2.34. The third-order valence-corrected chi connectivity index (χ3v) is 3.43. The highest BCUT2D eigenvalue weighted by atomic mass is 15.1. The Bertz CT molecular complexity index is 250. The first-order valence-corrected chi connectivity index (χ1v) is 5.29. The lowest BCUT2D eigenvalue weighted by atomic mass is 9.79. The van der Waals surface area contributed by atoms with Crippen LogP contribution < -0.4 is 0 Å². The van der Waals surface area contributed by atoms with Crippen LogP contribution in [0.1, 0.15) is 20.3 Å². The zero-order valence-electron chi connectivity index (χ0n) is 8.83. The minimum absolute atomic E-state index is 0.768. The number of allylic oxidation sites excluding steroid dienone is 4. The first-order valence-electron chi connectivity index (χ1n) is 5.29. The predicted molar refractivity (Wildman–Crippen MR) is 56.3 cm³/mol. The Hall–Kier alpha value is -0.720. The molecule has 1 nitrogen and oxygen atoms in total. The van der Waals surface area contributed by atoms with Crippen molar-refractivity contribution in [1.82, 2.24) is 4.90 Å². The van der Waals surface area contributed by atoms with Gasteiger partial charge in [0.25, 0.3) is 0 Å². The fraction of sp³-hybridized carbons (Fsp3) is 0.667. The Morgan fingerprint density at radius 3 is 2.92 bits per heavy atom. The average Bonchev–Trinajstić information content (AvgIpc) is 2.48. The van der Waals surface area contributed by atoms with Gasteiger partial charge in [0.2, 0.25) is 0 Å². The van der Waals surface area contributed by atoms with Gasteiger partial charge in [-0.15, -0.1) is 0 Å². The molecular formula is C12H19N. The molecule has 2 unspecified atom stereocenters. The van der Waals surface area contributed by atoms with Gasteiger partial charge in [-0.1, -0.05) is 26.0 Å². The van der Waals surface area contributed by atoms with Gasteiger partial charge >= 0.3 is 0 Å². The molecule has 2 atom stereocenters. The van der Waals surface area contributed by atoms with Gasteiger partial charge in [-0.05, 0) is 24.3 Å². The predicted octanol–water partition coefficient (Wildman–Crippen LogP) is 2.66. The molecule has 0 N–H and O–H groups in total. The van der Waals surface area contributed by atoms with Gasteiger partial charge in [-0.2, -0.15) is 0 Å². The summed E-state index contributed by atoms with van der Waals surface area (Å²) in [5.41, 5.74) is 1.56. The Morgan fingerprint density at radius 2 is 2.23 bits per heavy atom. The molecule has 0 amide bonds.